The van der Waals surface area contributed by atoms with E-state index in [1.807, 2.05) is 0 Å². The first kappa shape index (κ1) is 7.60. The number of fused-ring (bicyclic) bond motifs is 1. The van der Waals surface area contributed by atoms with Crippen LogP contribution < -0.4 is 0 Å². The van der Waals surface area contributed by atoms with E-state index in [1.165, 1.54) is 0 Å². The maximum absolute atomic E-state index is 9.46. The normalized spacial score (nSPS) is 10.5. The molecular weight excluding hydrogens is 170 g/mol. The lowest BCUT2D eigenvalue weighted by atomic mass is 10.2. The van der Waals surface area contributed by atoms with E-state index in [1.54, 1.807) is 24.3 Å². The van der Waals surface area contributed by atoms with Gasteiger partial charge in [-0.1, -0.05) is 17.4 Å². The number of aromatic nitrogens is 1. The molecule has 0 amide bonds. The molecule has 1 aromatic heterocycles. The molecule has 0 atom stereocenters. The SMILES string of the molecule is N=Nn1c(O)c2ccccc2c1O. The molecule has 0 fully saturated rings. The molecule has 0 spiro atoms. The van der Waals surface area contributed by atoms with Crippen molar-refractivity contribution in [2.75, 3.05) is 0 Å². The van der Waals surface area contributed by atoms with Gasteiger partial charge < -0.3 is 10.2 Å². The maximum atomic E-state index is 9.46. The Hall–Kier alpha value is -2.04. The van der Waals surface area contributed by atoms with Gasteiger partial charge in [0.15, 0.2) is 0 Å². The summed E-state index contributed by atoms with van der Waals surface area (Å²) in [6.45, 7) is 0. The molecule has 2 rings (SSSR count). The van der Waals surface area contributed by atoms with Crippen molar-refractivity contribution >= 4 is 10.8 Å². The van der Waals surface area contributed by atoms with Gasteiger partial charge in [0.05, 0.1) is 0 Å². The Bertz CT molecular complexity index is 436. The summed E-state index contributed by atoms with van der Waals surface area (Å²) in [5.41, 5.74) is 6.73. The molecule has 0 saturated carbocycles. The molecule has 5 nitrogen and oxygen atoms in total. The Kier molecular flexibility index (Phi) is 1.45. The highest BCUT2D eigenvalue weighted by Crippen LogP contribution is 2.35. The van der Waals surface area contributed by atoms with Crippen LogP contribution in [-0.4, -0.2) is 14.9 Å². The third kappa shape index (κ3) is 0.868. The van der Waals surface area contributed by atoms with Gasteiger partial charge in [0.2, 0.25) is 11.8 Å². The van der Waals surface area contributed by atoms with Gasteiger partial charge in [-0.15, -0.1) is 4.68 Å². The fourth-order valence-corrected chi connectivity index (χ4v) is 1.30. The first-order valence-electron chi connectivity index (χ1n) is 3.65. The zero-order valence-electron chi connectivity index (χ0n) is 6.60. The van der Waals surface area contributed by atoms with Crippen LogP contribution in [0, 0.1) is 5.53 Å². The highest BCUT2D eigenvalue weighted by atomic mass is 16.3. The van der Waals surface area contributed by atoms with Crippen molar-refractivity contribution in [3.05, 3.63) is 24.3 Å². The van der Waals surface area contributed by atoms with E-state index in [4.69, 9.17) is 5.53 Å². The molecule has 13 heavy (non-hydrogen) atoms. The van der Waals surface area contributed by atoms with E-state index in [-0.39, 0.29) is 11.8 Å². The van der Waals surface area contributed by atoms with E-state index in [0.717, 1.165) is 4.68 Å². The number of nitrogens with one attached hydrogen (secondary N) is 1. The summed E-state index contributed by atoms with van der Waals surface area (Å²) < 4.78 is 0.769. The zero-order valence-corrected chi connectivity index (χ0v) is 6.60. The van der Waals surface area contributed by atoms with Gasteiger partial charge in [-0.2, -0.15) is 5.53 Å². The number of nitrogens with zero attached hydrogens (tertiary/aromatic N) is 2. The van der Waals surface area contributed by atoms with Gasteiger partial charge in [0.1, 0.15) is 0 Å². The average Bonchev–Trinajstić information content (AvgIpc) is 2.41. The molecular formula is C8H7N3O2. The minimum atomic E-state index is -0.219. The summed E-state index contributed by atoms with van der Waals surface area (Å²) in [5.74, 6) is -0.439. The quantitative estimate of drug-likeness (QED) is 0.581. The summed E-state index contributed by atoms with van der Waals surface area (Å²) in [7, 11) is 0. The summed E-state index contributed by atoms with van der Waals surface area (Å²) in [6.07, 6.45) is 0. The van der Waals surface area contributed by atoms with Gasteiger partial charge in [-0.05, 0) is 12.1 Å². The van der Waals surface area contributed by atoms with Crippen molar-refractivity contribution in [1.29, 1.82) is 5.53 Å². The predicted molar refractivity (Wildman–Crippen MR) is 45.8 cm³/mol. The van der Waals surface area contributed by atoms with Gasteiger partial charge in [0, 0.05) is 10.8 Å². The second-order valence-corrected chi connectivity index (χ2v) is 2.60. The molecule has 1 aromatic carbocycles. The van der Waals surface area contributed by atoms with Crippen LogP contribution in [0.1, 0.15) is 0 Å². The lowest BCUT2D eigenvalue weighted by molar-refractivity contribution is 0.379. The van der Waals surface area contributed by atoms with Crippen LogP contribution in [0.3, 0.4) is 0 Å². The third-order valence-electron chi connectivity index (χ3n) is 1.91. The van der Waals surface area contributed by atoms with E-state index >= 15 is 0 Å². The lowest BCUT2D eigenvalue weighted by Crippen LogP contribution is -1.82. The lowest BCUT2D eigenvalue weighted by Gasteiger charge is -1.92. The molecule has 0 saturated heterocycles. The first-order valence-corrected chi connectivity index (χ1v) is 3.65. The Labute approximate surface area is 73.3 Å². The van der Waals surface area contributed by atoms with Gasteiger partial charge in [0.25, 0.3) is 0 Å². The number of hydrogen-bond acceptors (Lipinski definition) is 4. The Morgan fingerprint density at radius 2 is 1.54 bits per heavy atom. The predicted octanol–water partition coefficient (Wildman–Crippen LogP) is 1.85. The van der Waals surface area contributed by atoms with Crippen LogP contribution >= 0.6 is 0 Å². The van der Waals surface area contributed by atoms with Gasteiger partial charge >= 0.3 is 0 Å². The third-order valence-corrected chi connectivity index (χ3v) is 1.91. The molecule has 0 bridgehead atoms. The highest BCUT2D eigenvalue weighted by molar-refractivity contribution is 5.92. The van der Waals surface area contributed by atoms with Crippen molar-refractivity contribution in [3.8, 4) is 11.8 Å². The van der Waals surface area contributed by atoms with Crippen molar-refractivity contribution in [2.24, 2.45) is 5.22 Å². The Balaban J connectivity index is 2.96. The fraction of sp³-hybridized carbons (Fsp3) is 0. The van der Waals surface area contributed by atoms with Crippen LogP contribution in [0.25, 0.3) is 10.8 Å². The standard InChI is InChI=1S/C8H7N3O2/c9-10-11-7(12)5-3-1-2-4-6(5)8(11)13/h1-4,9,12-13H. The zero-order chi connectivity index (χ0) is 9.42. The van der Waals surface area contributed by atoms with E-state index in [0.29, 0.717) is 10.8 Å². The minimum absolute atomic E-state index is 0.219. The average molecular weight is 177 g/mol. The second-order valence-electron chi connectivity index (χ2n) is 2.60. The van der Waals surface area contributed by atoms with Crippen LogP contribution in [0.5, 0.6) is 11.8 Å². The fourth-order valence-electron chi connectivity index (χ4n) is 1.30. The van der Waals surface area contributed by atoms with Crippen molar-refractivity contribution in [3.63, 3.8) is 0 Å². The van der Waals surface area contributed by atoms with E-state index < -0.39 is 0 Å². The molecule has 2 aromatic rings. The molecule has 0 aliphatic rings. The molecule has 66 valence electrons. The van der Waals surface area contributed by atoms with Crippen molar-refractivity contribution in [2.45, 2.75) is 0 Å². The molecule has 0 unspecified atom stereocenters. The Morgan fingerprint density at radius 1 is 1.08 bits per heavy atom. The largest absolute Gasteiger partial charge is 0.493 e. The van der Waals surface area contributed by atoms with E-state index in [2.05, 4.69) is 5.22 Å². The summed E-state index contributed by atoms with van der Waals surface area (Å²) >= 11 is 0. The van der Waals surface area contributed by atoms with Gasteiger partial charge in [-0.25, -0.2) is 0 Å². The van der Waals surface area contributed by atoms with Crippen LogP contribution in [-0.2, 0) is 0 Å². The van der Waals surface area contributed by atoms with Crippen LogP contribution in [0.15, 0.2) is 29.5 Å². The first-order chi connectivity index (χ1) is 6.25. The monoisotopic (exact) mass is 177 g/mol. The number of rotatable bonds is 1. The molecule has 5 heteroatoms. The summed E-state index contributed by atoms with van der Waals surface area (Å²) in [6, 6.07) is 6.75. The van der Waals surface area contributed by atoms with Crippen LogP contribution in [0.4, 0.5) is 0 Å². The van der Waals surface area contributed by atoms with Crippen molar-refractivity contribution in [1.82, 2.24) is 4.68 Å². The number of aromatic hydroxyl groups is 2. The van der Waals surface area contributed by atoms with E-state index in [9.17, 15) is 10.2 Å². The molecule has 3 N–H and O–H groups in total. The highest BCUT2D eigenvalue weighted by Gasteiger charge is 2.13. The summed E-state index contributed by atoms with van der Waals surface area (Å²) in [5, 5.41) is 22.9. The molecule has 0 aliphatic carbocycles. The number of hydrogen-bond donors (Lipinski definition) is 3. The molecule has 0 aliphatic heterocycles. The molecule has 1 heterocycles. The van der Waals surface area contributed by atoms with Crippen molar-refractivity contribution < 1.29 is 10.2 Å². The molecule has 0 radical (unpaired) electrons. The summed E-state index contributed by atoms with van der Waals surface area (Å²) in [4.78, 5) is 0. The second kappa shape index (κ2) is 2.48. The topological polar surface area (TPSA) is 81.6 Å². The minimum Gasteiger partial charge on any atom is -0.493 e. The maximum Gasteiger partial charge on any atom is 0.225 e. The van der Waals surface area contributed by atoms with Gasteiger partial charge in [-0.3, -0.25) is 0 Å². The van der Waals surface area contributed by atoms with Crippen LogP contribution in [0.2, 0.25) is 0 Å². The number of benzene rings is 1. The Morgan fingerprint density at radius 3 is 1.92 bits per heavy atom. The smallest absolute Gasteiger partial charge is 0.225 e.